The monoisotopic (exact) mass is 1890 g/mol. The van der Waals surface area contributed by atoms with E-state index in [2.05, 4.69) is 121 Å². The number of phenolic OH excluding ortho intramolecular Hbond substituents is 14. The lowest BCUT2D eigenvalue weighted by Crippen LogP contribution is -2.26. The van der Waals surface area contributed by atoms with Gasteiger partial charge >= 0.3 is 0 Å². The molecule has 14 aromatic rings. The lowest BCUT2D eigenvalue weighted by atomic mass is 10.1. The van der Waals surface area contributed by atoms with E-state index in [9.17, 15) is 71.5 Å². The molecule has 39 N–H and O–H groups in total. The van der Waals surface area contributed by atoms with Crippen molar-refractivity contribution in [2.75, 3.05) is 203 Å². The zero-order chi connectivity index (χ0) is 101. The molecule has 724 valence electrons. The van der Waals surface area contributed by atoms with Crippen LogP contribution >= 0.6 is 0 Å². The van der Waals surface area contributed by atoms with E-state index < -0.39 is 0 Å². The molecule has 0 atom stereocenters. The second-order valence-electron chi connectivity index (χ2n) is 29.2. The van der Waals surface area contributed by atoms with E-state index in [-0.39, 0.29) is 194 Å². The van der Waals surface area contributed by atoms with Crippen LogP contribution in [0.25, 0.3) is 0 Å². The van der Waals surface area contributed by atoms with E-state index in [4.69, 9.17) is 63.1 Å². The fourth-order valence-electron chi connectivity index (χ4n) is 11.2. The van der Waals surface area contributed by atoms with Crippen LogP contribution in [0.4, 0.5) is 136 Å². The van der Waals surface area contributed by atoms with Crippen molar-refractivity contribution in [2.45, 2.75) is 32.4 Å². The second kappa shape index (κ2) is 47.8. The number of anilines is 23. The number of para-hydroxylation sites is 7. The van der Waals surface area contributed by atoms with Crippen molar-refractivity contribution in [3.05, 3.63) is 155 Å². The van der Waals surface area contributed by atoms with Crippen molar-refractivity contribution in [1.29, 1.82) is 0 Å². The maximum absolute atomic E-state index is 9.89. The van der Waals surface area contributed by atoms with Crippen LogP contribution in [-0.2, 0) is 32.4 Å². The normalized spacial score (nSPS) is 10.4. The third-order valence-electron chi connectivity index (χ3n) is 18.1. The topological polar surface area (TPSA) is 899 Å². The minimum atomic E-state index is -0.284. The first-order valence-electron chi connectivity index (χ1n) is 40.1. The zero-order valence-electron chi connectivity index (χ0n) is 75.4. The predicted octanol–water partition coefficient (Wildman–Crippen LogP) is 2.35. The van der Waals surface area contributed by atoms with Gasteiger partial charge in [-0.05, 0) is 90.6 Å². The van der Waals surface area contributed by atoms with Crippen LogP contribution in [0.1, 0.15) is 27.8 Å². The number of aromatic nitrogens is 21. The van der Waals surface area contributed by atoms with Gasteiger partial charge in [-0.3, -0.25) is 0 Å². The molecule has 137 heavy (non-hydrogen) atoms. The number of phenols is 14. The van der Waals surface area contributed by atoms with Gasteiger partial charge in [-0.2, -0.15) is 105 Å². The Balaban J connectivity index is 0.000000197. The van der Waals surface area contributed by atoms with Crippen LogP contribution in [-0.4, -0.2) is 266 Å². The molecule has 0 radical (unpaired) electrons. The lowest BCUT2D eigenvalue weighted by Gasteiger charge is -2.21. The Morgan fingerprint density at radius 3 is 0.927 bits per heavy atom. The number of nitrogen functional groups attached to an aromatic ring is 11. The molecule has 7 aromatic heterocycles. The first-order valence-corrected chi connectivity index (χ1v) is 40.1. The molecule has 0 aliphatic rings. The standard InChI is InChI=1S/C16H24N6O2.C12H16N6O2.3C11H14N6O2.2C10H12N6O2/c1-20(2)14-17-15(21(3)4)19-16(18-14)22(5)10-9-11-7-6-8-12(23)13(11)24;1-18(12-16-10(13)15-11(14)17-12)6-5-7-3-2-4-8(19)9(7)20;1-17(2)11-15-9(12)14-10(16-11)13-6-4-3-5-7(18)8(6)19;1-17(11-15-9(12)14-10(13)16-11)5-6-3-2-4-7(18)8(6)19;12-9-15-10(13)17-11(16-9)14-5-4-6-2-1-3-7(18)8(6)19;1-16(5-3-2-4-6(17)7(5)18)10-14-8(11)13-9(12)15-10;11-8-14-9(12)16-10(15-8)13-4-5-2-1-3-6(17)7(5)18/h6-8,23-24H,9-10H2,1-5H3;2-4,19-20H,5-6H2,1H3,(H4,13,14,15,16,17);3-5,18-19H,1-2H3,(H3,12,13,14,15,16);2-4,18-19H,5H2,1H3,(H4,12,13,14,15,16);1-3,18-19H,4-5H2,(H5,12,13,14,15,16,17);2-4,17-18H,1H3,(H4,11,12,13,14,15);1-3,17-18H,4H2,(H5,11,12,13,14,15,16). The molecule has 0 unspecified atom stereocenters. The summed E-state index contributed by atoms with van der Waals surface area (Å²) in [5.74, 6) is 1.29. The summed E-state index contributed by atoms with van der Waals surface area (Å²) in [6, 6.07) is 33.0. The average Bonchev–Trinajstić information content (AvgIpc) is 0.815. The molecule has 0 aliphatic carbocycles. The molecule has 0 aliphatic heterocycles. The quantitative estimate of drug-likeness (QED) is 0.0365. The highest BCUT2D eigenvalue weighted by Crippen LogP contribution is 2.39. The molecule has 0 fully saturated rings. The Morgan fingerprint density at radius 1 is 0.241 bits per heavy atom. The van der Waals surface area contributed by atoms with E-state index >= 15 is 0 Å². The highest BCUT2D eigenvalue weighted by molar-refractivity contribution is 5.70. The molecular weight excluding hydrogens is 1790 g/mol. The van der Waals surface area contributed by atoms with Crippen molar-refractivity contribution < 1.29 is 71.5 Å². The van der Waals surface area contributed by atoms with Gasteiger partial charge in [0.25, 0.3) is 0 Å². The van der Waals surface area contributed by atoms with Gasteiger partial charge in [-0.1, -0.05) is 72.8 Å². The summed E-state index contributed by atoms with van der Waals surface area (Å²) in [5, 5.41) is 142. The van der Waals surface area contributed by atoms with Crippen molar-refractivity contribution in [3.8, 4) is 80.5 Å². The Kier molecular flexibility index (Phi) is 35.9. The largest absolute Gasteiger partial charge is 0.504 e. The Bertz CT molecular complexity index is 6280. The van der Waals surface area contributed by atoms with Crippen LogP contribution in [0, 0.1) is 0 Å². The number of nitrogens with one attached hydrogen (secondary N) is 3. The summed E-state index contributed by atoms with van der Waals surface area (Å²) in [6.45, 7) is 2.03. The van der Waals surface area contributed by atoms with E-state index in [0.29, 0.717) is 102 Å². The van der Waals surface area contributed by atoms with Gasteiger partial charge in [0.2, 0.25) is 125 Å². The second-order valence-corrected chi connectivity index (χ2v) is 29.2. The third kappa shape index (κ3) is 30.6. The van der Waals surface area contributed by atoms with Crippen molar-refractivity contribution in [3.63, 3.8) is 0 Å². The van der Waals surface area contributed by atoms with Crippen LogP contribution in [0.2, 0.25) is 0 Å². The highest BCUT2D eigenvalue weighted by atomic mass is 16.3. The summed E-state index contributed by atoms with van der Waals surface area (Å²) in [6.07, 6.45) is 1.53. The molecule has 14 rings (SSSR count). The van der Waals surface area contributed by atoms with Crippen LogP contribution < -0.4 is 113 Å². The third-order valence-corrected chi connectivity index (χ3v) is 18.1. The summed E-state index contributed by atoms with van der Waals surface area (Å²) in [4.78, 5) is 94.5. The average molecular weight is 1890 g/mol. The van der Waals surface area contributed by atoms with Crippen molar-refractivity contribution in [1.82, 2.24) is 105 Å². The minimum absolute atomic E-state index is 0.00475. The van der Waals surface area contributed by atoms with Gasteiger partial charge < -0.3 is 185 Å². The van der Waals surface area contributed by atoms with E-state index in [1.807, 2.05) is 49.9 Å². The van der Waals surface area contributed by atoms with Gasteiger partial charge in [-0.15, -0.1) is 0 Å². The number of rotatable bonds is 25. The Labute approximate surface area is 780 Å². The molecule has 56 nitrogen and oxygen atoms in total. The number of likely N-dealkylation sites (N-methyl/N-ethyl adjacent to an activating group) is 2. The summed E-state index contributed by atoms with van der Waals surface area (Å²) in [5.41, 5.74) is 63.7. The van der Waals surface area contributed by atoms with Gasteiger partial charge in [0.1, 0.15) is 0 Å². The molecule has 56 heteroatoms. The minimum Gasteiger partial charge on any atom is -0.504 e. The Hall–Kier alpha value is -19.4. The maximum atomic E-state index is 9.89. The number of aromatic hydroxyl groups is 14. The molecule has 7 aromatic carbocycles. The fourth-order valence-corrected chi connectivity index (χ4v) is 11.2. The molecule has 0 bridgehead atoms. The predicted molar refractivity (Wildman–Crippen MR) is 516 cm³/mol. The first-order chi connectivity index (χ1) is 64.8. The van der Waals surface area contributed by atoms with E-state index in [1.54, 1.807) is 135 Å². The lowest BCUT2D eigenvalue weighted by molar-refractivity contribution is 0.399. The number of nitrogens with two attached hydrogens (primary N) is 11. The van der Waals surface area contributed by atoms with Crippen molar-refractivity contribution >= 4 is 136 Å². The van der Waals surface area contributed by atoms with E-state index in [1.165, 1.54) is 47.4 Å². The number of hydrogen-bond acceptors (Lipinski definition) is 56. The van der Waals surface area contributed by atoms with Crippen LogP contribution in [0.15, 0.2) is 127 Å². The Morgan fingerprint density at radius 2 is 0.518 bits per heavy atom. The maximum Gasteiger partial charge on any atom is 0.236 e. The smallest absolute Gasteiger partial charge is 0.236 e. The molecule has 7 heterocycles. The molecule has 0 saturated carbocycles. The van der Waals surface area contributed by atoms with E-state index in [0.717, 1.165) is 0 Å². The highest BCUT2D eigenvalue weighted by Gasteiger charge is 2.21. The zero-order valence-corrected chi connectivity index (χ0v) is 75.4. The molecular formula is C81H106N42O14. The molecule has 0 spiro atoms. The number of benzene rings is 7. The summed E-state index contributed by atoms with van der Waals surface area (Å²) < 4.78 is 0. The van der Waals surface area contributed by atoms with Crippen LogP contribution in [0.5, 0.6) is 80.5 Å². The summed E-state index contributed by atoms with van der Waals surface area (Å²) >= 11 is 0. The van der Waals surface area contributed by atoms with Gasteiger partial charge in [0.05, 0.1) is 11.4 Å². The fraction of sp³-hybridized carbons (Fsp3) is 0.222. The van der Waals surface area contributed by atoms with Gasteiger partial charge in [0, 0.05) is 114 Å². The first kappa shape index (κ1) is 103. The molecule has 0 saturated heterocycles. The van der Waals surface area contributed by atoms with Crippen LogP contribution in [0.3, 0.4) is 0 Å². The number of nitrogens with zero attached hydrogens (tertiary/aromatic N) is 28. The van der Waals surface area contributed by atoms with Gasteiger partial charge in [0.15, 0.2) is 80.5 Å². The molecule has 0 amide bonds. The van der Waals surface area contributed by atoms with Gasteiger partial charge in [-0.25, -0.2) is 0 Å². The SMILES string of the molecule is CN(C)c1nc(N(C)C)nc(N(C)CCc2cccc(O)c2O)n1.CN(C)c1nc(N)nc(Nc2cccc(O)c2O)n1.CN(CCc1cccc(O)c1O)c1nc(N)nc(N)n1.CN(Cc1cccc(O)c1O)c1nc(N)nc(N)n1.CN(c1nc(N)nc(N)n1)c1cccc(O)c1O.Nc1nc(N)nc(NCCc2cccc(O)c2O)n1.Nc1nc(N)nc(NCc2cccc(O)c2O)n1. The number of hydrogen-bond donors (Lipinski definition) is 28. The summed E-state index contributed by atoms with van der Waals surface area (Å²) in [7, 11) is 18.0. The van der Waals surface area contributed by atoms with Crippen molar-refractivity contribution in [2.24, 2.45) is 0 Å².